The number of hydrogen-bond donors (Lipinski definition) is 0. The van der Waals surface area contributed by atoms with Gasteiger partial charge in [0.1, 0.15) is 12.4 Å². The summed E-state index contributed by atoms with van der Waals surface area (Å²) in [6, 6.07) is 14.3. The van der Waals surface area contributed by atoms with E-state index in [2.05, 4.69) is 9.97 Å². The van der Waals surface area contributed by atoms with E-state index < -0.39 is 11.7 Å². The molecule has 1 amide bonds. The van der Waals surface area contributed by atoms with Gasteiger partial charge < -0.3 is 9.47 Å². The van der Waals surface area contributed by atoms with Gasteiger partial charge in [-0.1, -0.05) is 49.0 Å². The van der Waals surface area contributed by atoms with Crippen LogP contribution in [0.2, 0.25) is 0 Å². The van der Waals surface area contributed by atoms with Crippen LogP contribution in [-0.4, -0.2) is 32.4 Å². The first-order valence-electron chi connectivity index (χ1n) is 12.4. The van der Waals surface area contributed by atoms with Gasteiger partial charge in [0.05, 0.1) is 11.3 Å². The van der Waals surface area contributed by atoms with Crippen molar-refractivity contribution in [3.63, 3.8) is 0 Å². The molecular formula is C29H26F4N4O2S. The molecule has 2 aromatic heterocycles. The van der Waals surface area contributed by atoms with Crippen LogP contribution in [-0.2, 0) is 36.2 Å². The number of aromatic nitrogens is 3. The summed E-state index contributed by atoms with van der Waals surface area (Å²) >= 11 is 1.28. The van der Waals surface area contributed by atoms with Gasteiger partial charge in [-0.15, -0.1) is 0 Å². The monoisotopic (exact) mass is 570 g/mol. The topological polar surface area (TPSA) is 68.1 Å². The molecule has 0 saturated heterocycles. The number of halogens is 4. The van der Waals surface area contributed by atoms with Crippen LogP contribution < -0.4 is 5.56 Å². The van der Waals surface area contributed by atoms with E-state index in [0.717, 1.165) is 23.3 Å². The molecule has 11 heteroatoms. The number of pyridine rings is 1. The van der Waals surface area contributed by atoms with Crippen LogP contribution in [0.5, 0.6) is 0 Å². The smallest absolute Gasteiger partial charge is 0.340 e. The summed E-state index contributed by atoms with van der Waals surface area (Å²) in [7, 11) is 1.65. The molecular weight excluding hydrogens is 544 g/mol. The van der Waals surface area contributed by atoms with E-state index >= 15 is 0 Å². The molecule has 2 heterocycles. The highest BCUT2D eigenvalue weighted by Crippen LogP contribution is 2.30. The Morgan fingerprint density at radius 2 is 1.68 bits per heavy atom. The number of aryl methyl sites for hydroxylation is 1. The van der Waals surface area contributed by atoms with E-state index in [9.17, 15) is 27.2 Å². The molecule has 208 valence electrons. The van der Waals surface area contributed by atoms with E-state index in [0.29, 0.717) is 34.2 Å². The van der Waals surface area contributed by atoms with Crippen molar-refractivity contribution in [1.29, 1.82) is 0 Å². The minimum absolute atomic E-state index is 0.0421. The first kappa shape index (κ1) is 29.0. The second-order valence-corrected chi connectivity index (χ2v) is 10.1. The molecule has 6 nitrogen and oxygen atoms in total. The summed E-state index contributed by atoms with van der Waals surface area (Å²) in [5.74, 6) is -0.115. The maximum absolute atomic E-state index is 13.2. The van der Waals surface area contributed by atoms with Gasteiger partial charge in [0.2, 0.25) is 5.91 Å². The Hall–Kier alpha value is -3.99. The average molecular weight is 571 g/mol. The van der Waals surface area contributed by atoms with Crippen molar-refractivity contribution in [2.45, 2.75) is 43.5 Å². The molecule has 4 aromatic rings. The number of rotatable bonds is 9. The van der Waals surface area contributed by atoms with Crippen LogP contribution in [0.15, 0.2) is 83.0 Å². The third kappa shape index (κ3) is 7.35. The molecule has 0 radical (unpaired) electrons. The Bertz CT molecular complexity index is 1520. The van der Waals surface area contributed by atoms with Gasteiger partial charge in [0, 0.05) is 42.9 Å². The molecule has 0 aliphatic carbocycles. The van der Waals surface area contributed by atoms with Crippen molar-refractivity contribution in [3.8, 4) is 11.3 Å². The van der Waals surface area contributed by atoms with Crippen molar-refractivity contribution in [2.24, 2.45) is 0 Å². The number of carbonyl (C=O) groups excluding carboxylic acids is 1. The first-order valence-corrected chi connectivity index (χ1v) is 13.4. The minimum atomic E-state index is -4.40. The fourth-order valence-electron chi connectivity index (χ4n) is 3.87. The molecule has 0 fully saturated rings. The maximum Gasteiger partial charge on any atom is 0.416 e. The lowest BCUT2D eigenvalue weighted by atomic mass is 10.1. The predicted molar refractivity (Wildman–Crippen MR) is 145 cm³/mol. The number of thioether (sulfide) groups is 1. The Morgan fingerprint density at radius 1 is 1.00 bits per heavy atom. The molecule has 0 aliphatic heterocycles. The second-order valence-electron chi connectivity index (χ2n) is 9.13. The standard InChI is InChI=1S/C29H26F4N4O2S/c1-3-21-16-37(28(35-27(21)39)40-18-19-4-11-24(30)12-5-19)17-26(38)36(2)15-20-6-13-25(34-14-20)22-7-9-23(10-8-22)29(31,32)33/h4-14,16H,3,15,17-18H2,1-2H3. The fraction of sp³-hybridized carbons (Fsp3) is 0.241. The van der Waals surface area contributed by atoms with Crippen LogP contribution in [0, 0.1) is 5.82 Å². The lowest BCUT2D eigenvalue weighted by Gasteiger charge is -2.20. The zero-order valence-electron chi connectivity index (χ0n) is 21.8. The number of alkyl halides is 3. The van der Waals surface area contributed by atoms with E-state index in [1.54, 1.807) is 48.3 Å². The molecule has 0 aliphatic rings. The third-order valence-corrected chi connectivity index (χ3v) is 7.24. The molecule has 40 heavy (non-hydrogen) atoms. The number of hydrogen-bond acceptors (Lipinski definition) is 5. The zero-order chi connectivity index (χ0) is 28.9. The summed E-state index contributed by atoms with van der Waals surface area (Å²) in [6.45, 7) is 2.05. The van der Waals surface area contributed by atoms with Crippen molar-refractivity contribution in [3.05, 3.63) is 111 Å². The van der Waals surface area contributed by atoms with E-state index in [1.165, 1.54) is 40.9 Å². The van der Waals surface area contributed by atoms with E-state index in [1.807, 2.05) is 6.92 Å². The Labute approximate surface area is 232 Å². The SMILES string of the molecule is CCc1cn(CC(=O)N(C)Cc2ccc(-c3ccc(C(F)(F)F)cc3)nc2)c(SCc2ccc(F)cc2)nc1=O. The maximum atomic E-state index is 13.2. The molecule has 0 unspecified atom stereocenters. The van der Waals surface area contributed by atoms with Gasteiger partial charge in [-0.3, -0.25) is 14.6 Å². The van der Waals surface area contributed by atoms with Gasteiger partial charge in [0.25, 0.3) is 5.56 Å². The summed E-state index contributed by atoms with van der Waals surface area (Å²) in [4.78, 5) is 35.5. The van der Waals surface area contributed by atoms with Gasteiger partial charge in [-0.2, -0.15) is 18.2 Å². The lowest BCUT2D eigenvalue weighted by Crippen LogP contribution is -2.31. The van der Waals surface area contributed by atoms with Crippen molar-refractivity contribution in [2.75, 3.05) is 7.05 Å². The summed E-state index contributed by atoms with van der Waals surface area (Å²) < 4.78 is 53.3. The zero-order valence-corrected chi connectivity index (χ0v) is 22.6. The summed E-state index contributed by atoms with van der Waals surface area (Å²) in [5.41, 5.74) is 2.07. The highest BCUT2D eigenvalue weighted by Gasteiger charge is 2.30. The van der Waals surface area contributed by atoms with E-state index in [-0.39, 0.29) is 30.4 Å². The number of carbonyl (C=O) groups is 1. The van der Waals surface area contributed by atoms with Crippen molar-refractivity contribution >= 4 is 17.7 Å². The molecule has 0 saturated carbocycles. The Morgan fingerprint density at radius 3 is 2.27 bits per heavy atom. The molecule has 0 N–H and O–H groups in total. The van der Waals surface area contributed by atoms with Crippen LogP contribution >= 0.6 is 11.8 Å². The molecule has 4 rings (SSSR count). The Balaban J connectivity index is 1.43. The minimum Gasteiger partial charge on any atom is -0.340 e. The highest BCUT2D eigenvalue weighted by molar-refractivity contribution is 7.98. The van der Waals surface area contributed by atoms with Gasteiger partial charge >= 0.3 is 6.18 Å². The van der Waals surface area contributed by atoms with E-state index in [4.69, 9.17) is 0 Å². The third-order valence-electron chi connectivity index (χ3n) is 6.18. The number of amides is 1. The molecule has 0 spiro atoms. The van der Waals surface area contributed by atoms with Crippen molar-refractivity contribution < 1.29 is 22.4 Å². The normalized spacial score (nSPS) is 11.4. The average Bonchev–Trinajstić information content (AvgIpc) is 2.93. The number of nitrogens with zero attached hydrogens (tertiary/aromatic N) is 4. The van der Waals surface area contributed by atoms with Gasteiger partial charge in [-0.25, -0.2) is 4.39 Å². The second kappa shape index (κ2) is 12.5. The first-order chi connectivity index (χ1) is 19.0. The Kier molecular flexibility index (Phi) is 9.03. The summed E-state index contributed by atoms with van der Waals surface area (Å²) in [6.07, 6.45) is -0.709. The molecule has 2 aromatic carbocycles. The van der Waals surface area contributed by atoms with Crippen LogP contribution in [0.3, 0.4) is 0 Å². The fourth-order valence-corrected chi connectivity index (χ4v) is 4.79. The number of benzene rings is 2. The van der Waals surface area contributed by atoms with Gasteiger partial charge in [-0.05, 0) is 47.9 Å². The van der Waals surface area contributed by atoms with Gasteiger partial charge in [0.15, 0.2) is 5.16 Å². The largest absolute Gasteiger partial charge is 0.416 e. The molecule has 0 atom stereocenters. The van der Waals surface area contributed by atoms with Crippen LogP contribution in [0.1, 0.15) is 29.2 Å². The highest BCUT2D eigenvalue weighted by atomic mass is 32.2. The number of likely N-dealkylation sites (N-methyl/N-ethyl adjacent to an activating group) is 1. The predicted octanol–water partition coefficient (Wildman–Crippen LogP) is 5.98. The molecule has 0 bridgehead atoms. The van der Waals surface area contributed by atoms with Crippen LogP contribution in [0.4, 0.5) is 17.6 Å². The summed E-state index contributed by atoms with van der Waals surface area (Å²) in [5, 5.41) is 0.385. The lowest BCUT2D eigenvalue weighted by molar-refractivity contribution is -0.137. The van der Waals surface area contributed by atoms with Crippen LogP contribution in [0.25, 0.3) is 11.3 Å². The quantitative estimate of drug-likeness (QED) is 0.141. The van der Waals surface area contributed by atoms with Crippen molar-refractivity contribution in [1.82, 2.24) is 19.4 Å².